The molecule has 2 aliphatic rings. The van der Waals surface area contributed by atoms with Gasteiger partial charge in [-0.1, -0.05) is 0 Å². The minimum absolute atomic E-state index is 0.0316. The van der Waals surface area contributed by atoms with Gasteiger partial charge in [0.1, 0.15) is 17.0 Å². The van der Waals surface area contributed by atoms with Crippen LogP contribution >= 0.6 is 0 Å². The first-order valence-electron chi connectivity index (χ1n) is 7.73. The van der Waals surface area contributed by atoms with E-state index in [4.69, 9.17) is 10.5 Å². The van der Waals surface area contributed by atoms with Gasteiger partial charge in [-0.3, -0.25) is 0 Å². The fourth-order valence-corrected chi connectivity index (χ4v) is 3.21. The number of nitrogens with two attached hydrogens (primary N) is 1. The van der Waals surface area contributed by atoms with Crippen LogP contribution in [0.25, 0.3) is 0 Å². The predicted molar refractivity (Wildman–Crippen MR) is 83.8 cm³/mol. The van der Waals surface area contributed by atoms with E-state index in [1.165, 1.54) is 0 Å². The Kier molecular flexibility index (Phi) is 4.10. The van der Waals surface area contributed by atoms with E-state index in [1.54, 1.807) is 9.80 Å². The average Bonchev–Trinajstić information content (AvgIpc) is 2.58. The van der Waals surface area contributed by atoms with Crippen molar-refractivity contribution in [1.29, 1.82) is 0 Å². The summed E-state index contributed by atoms with van der Waals surface area (Å²) >= 11 is 0. The van der Waals surface area contributed by atoms with Crippen LogP contribution in [0.15, 0.2) is 4.99 Å². The zero-order valence-corrected chi connectivity index (χ0v) is 14.0. The number of carbonyl (C=O) groups is 2. The Morgan fingerprint density at radius 3 is 2.59 bits per heavy atom. The molecule has 2 rings (SSSR count). The number of rotatable bonds is 1. The molecule has 1 atom stereocenters. The van der Waals surface area contributed by atoms with Gasteiger partial charge in [-0.15, -0.1) is 0 Å². The minimum Gasteiger partial charge on any atom is -0.444 e. The third kappa shape index (κ3) is 2.89. The summed E-state index contributed by atoms with van der Waals surface area (Å²) in [4.78, 5) is 31.7. The van der Waals surface area contributed by atoms with Crippen molar-refractivity contribution in [3.8, 4) is 0 Å². The first-order valence-corrected chi connectivity index (χ1v) is 7.73. The summed E-state index contributed by atoms with van der Waals surface area (Å²) in [7, 11) is 0. The molecule has 7 nitrogen and oxygen atoms in total. The third-order valence-corrected chi connectivity index (χ3v) is 4.00. The summed E-state index contributed by atoms with van der Waals surface area (Å²) in [6.07, 6.45) is 1.10. The zero-order valence-electron chi connectivity index (χ0n) is 14.0. The number of piperidine rings is 1. The van der Waals surface area contributed by atoms with Crippen LogP contribution < -0.4 is 5.73 Å². The largest absolute Gasteiger partial charge is 0.444 e. The molecular formula is C15H26N4O3. The number of amides is 3. The molecule has 0 aromatic heterocycles. The highest BCUT2D eigenvalue weighted by atomic mass is 16.6. The number of hydrogen-bond donors (Lipinski definition) is 1. The molecule has 0 aliphatic carbocycles. The van der Waals surface area contributed by atoms with Crippen molar-refractivity contribution in [2.75, 3.05) is 13.1 Å². The molecule has 1 fully saturated rings. The summed E-state index contributed by atoms with van der Waals surface area (Å²) < 4.78 is 5.44. The molecule has 0 aromatic carbocycles. The van der Waals surface area contributed by atoms with E-state index in [0.29, 0.717) is 25.3 Å². The van der Waals surface area contributed by atoms with Crippen LogP contribution in [0.5, 0.6) is 0 Å². The lowest BCUT2D eigenvalue weighted by molar-refractivity contribution is 0.00569. The molecule has 2 aliphatic heterocycles. The molecule has 7 heteroatoms. The number of nitrogens with zero attached hydrogens (tertiary/aromatic N) is 3. The van der Waals surface area contributed by atoms with E-state index in [9.17, 15) is 9.59 Å². The van der Waals surface area contributed by atoms with Gasteiger partial charge in [-0.25, -0.2) is 9.59 Å². The lowest BCUT2D eigenvalue weighted by Gasteiger charge is -2.46. The van der Waals surface area contributed by atoms with E-state index < -0.39 is 11.1 Å². The summed E-state index contributed by atoms with van der Waals surface area (Å²) in [6.45, 7) is 10.3. The van der Waals surface area contributed by atoms with Crippen LogP contribution in [-0.4, -0.2) is 58.0 Å². The van der Waals surface area contributed by atoms with Gasteiger partial charge in [0.15, 0.2) is 0 Å². The molecule has 0 radical (unpaired) electrons. The van der Waals surface area contributed by atoms with Gasteiger partial charge in [0.25, 0.3) is 0 Å². The number of hydrogen-bond acceptors (Lipinski definition) is 4. The number of amidine groups is 1. The Morgan fingerprint density at radius 2 is 2.05 bits per heavy atom. The summed E-state index contributed by atoms with van der Waals surface area (Å²) in [6, 6.07) is -0.352. The fraction of sp³-hybridized carbons (Fsp3) is 0.800. The number of urea groups is 1. The second-order valence-corrected chi connectivity index (χ2v) is 7.28. The number of ether oxygens (including phenoxy) is 1. The second kappa shape index (κ2) is 5.44. The van der Waals surface area contributed by atoms with E-state index >= 15 is 0 Å². The van der Waals surface area contributed by atoms with Crippen LogP contribution in [0.4, 0.5) is 9.59 Å². The molecule has 0 bridgehead atoms. The molecule has 1 spiro atoms. The highest BCUT2D eigenvalue weighted by Crippen LogP contribution is 2.34. The van der Waals surface area contributed by atoms with Crippen molar-refractivity contribution in [2.24, 2.45) is 10.7 Å². The van der Waals surface area contributed by atoms with Crippen LogP contribution in [0, 0.1) is 0 Å². The lowest BCUT2D eigenvalue weighted by Crippen LogP contribution is -2.65. The standard InChI is InChI=1S/C15H26N4O3/c1-10(2)19-12(20)17-11(16)15(19)7-6-8-18(9-15)13(21)22-14(3,4)5/h10H,6-9H2,1-5H3,(H2,16,17,20). The molecule has 3 amide bonds. The second-order valence-electron chi connectivity index (χ2n) is 7.28. The molecule has 1 saturated heterocycles. The van der Waals surface area contributed by atoms with Crippen molar-refractivity contribution < 1.29 is 14.3 Å². The molecule has 0 aromatic rings. The van der Waals surface area contributed by atoms with Crippen LogP contribution in [0.2, 0.25) is 0 Å². The van der Waals surface area contributed by atoms with Gasteiger partial charge in [-0.2, -0.15) is 4.99 Å². The third-order valence-electron chi connectivity index (χ3n) is 4.00. The Labute approximate surface area is 131 Å². The Bertz CT molecular complexity index is 509. The van der Waals surface area contributed by atoms with Crippen LogP contribution in [0.3, 0.4) is 0 Å². The average molecular weight is 310 g/mol. The molecule has 0 saturated carbocycles. The van der Waals surface area contributed by atoms with Crippen molar-refractivity contribution in [2.45, 2.75) is 64.6 Å². The summed E-state index contributed by atoms with van der Waals surface area (Å²) in [5.41, 5.74) is 4.82. The number of carbonyl (C=O) groups excluding carboxylic acids is 2. The quantitative estimate of drug-likeness (QED) is 0.802. The fourth-order valence-electron chi connectivity index (χ4n) is 3.21. The molecule has 1 unspecified atom stereocenters. The SMILES string of the molecule is CC(C)N1C(=O)N=C(N)C12CCCN(C(=O)OC(C)(C)C)C2. The van der Waals surface area contributed by atoms with Crippen molar-refractivity contribution >= 4 is 18.0 Å². The van der Waals surface area contributed by atoms with Crippen molar-refractivity contribution in [1.82, 2.24) is 9.80 Å². The van der Waals surface area contributed by atoms with Gasteiger partial charge in [0.2, 0.25) is 0 Å². The summed E-state index contributed by atoms with van der Waals surface area (Å²) in [5, 5.41) is 0. The van der Waals surface area contributed by atoms with E-state index in [1.807, 2.05) is 34.6 Å². The first kappa shape index (κ1) is 16.6. The lowest BCUT2D eigenvalue weighted by atomic mass is 9.86. The van der Waals surface area contributed by atoms with Crippen molar-refractivity contribution in [3.05, 3.63) is 0 Å². The van der Waals surface area contributed by atoms with Crippen molar-refractivity contribution in [3.63, 3.8) is 0 Å². The van der Waals surface area contributed by atoms with Gasteiger partial charge in [0, 0.05) is 12.6 Å². The maximum Gasteiger partial charge on any atom is 0.410 e. The predicted octanol–water partition coefficient (Wildman–Crippen LogP) is 1.96. The van der Waals surface area contributed by atoms with Gasteiger partial charge in [0.05, 0.1) is 6.54 Å². The topological polar surface area (TPSA) is 88.2 Å². The zero-order chi connectivity index (χ0) is 16.7. The first-order chi connectivity index (χ1) is 10.1. The Hall–Kier alpha value is -1.79. The highest BCUT2D eigenvalue weighted by Gasteiger charge is 2.52. The smallest absolute Gasteiger partial charge is 0.410 e. The molecular weight excluding hydrogens is 284 g/mol. The van der Waals surface area contributed by atoms with E-state index in [-0.39, 0.29) is 18.2 Å². The van der Waals surface area contributed by atoms with Gasteiger partial charge in [-0.05, 0) is 47.5 Å². The molecule has 22 heavy (non-hydrogen) atoms. The number of aliphatic imine (C=N–C) groups is 1. The Balaban J connectivity index is 2.23. The van der Waals surface area contributed by atoms with Gasteiger partial charge >= 0.3 is 12.1 Å². The minimum atomic E-state index is -0.694. The normalized spacial score (nSPS) is 25.9. The van der Waals surface area contributed by atoms with Crippen LogP contribution in [-0.2, 0) is 4.74 Å². The van der Waals surface area contributed by atoms with E-state index in [2.05, 4.69) is 4.99 Å². The highest BCUT2D eigenvalue weighted by molar-refractivity contribution is 6.06. The molecule has 2 heterocycles. The maximum absolute atomic E-state index is 12.3. The van der Waals surface area contributed by atoms with Crippen LogP contribution in [0.1, 0.15) is 47.5 Å². The number of likely N-dealkylation sites (tertiary alicyclic amines) is 1. The molecule has 2 N–H and O–H groups in total. The van der Waals surface area contributed by atoms with E-state index in [0.717, 1.165) is 6.42 Å². The monoisotopic (exact) mass is 310 g/mol. The summed E-state index contributed by atoms with van der Waals surface area (Å²) in [5.74, 6) is 0.305. The molecule has 124 valence electrons. The van der Waals surface area contributed by atoms with Gasteiger partial charge < -0.3 is 20.3 Å². The maximum atomic E-state index is 12.3. The Morgan fingerprint density at radius 1 is 1.41 bits per heavy atom.